The Hall–Kier alpha value is -3.85. The second kappa shape index (κ2) is 8.72. The van der Waals surface area contributed by atoms with Gasteiger partial charge in [0.15, 0.2) is 17.2 Å². The number of carbonyl (C=O) groups is 2. The molecule has 2 aromatic carbocycles. The lowest BCUT2D eigenvalue weighted by Crippen LogP contribution is -2.48. The van der Waals surface area contributed by atoms with Gasteiger partial charge in [-0.05, 0) is 29.8 Å². The van der Waals surface area contributed by atoms with E-state index in [0.717, 1.165) is 36.7 Å². The van der Waals surface area contributed by atoms with Gasteiger partial charge in [-0.25, -0.2) is 0 Å². The van der Waals surface area contributed by atoms with Crippen LogP contribution in [0.3, 0.4) is 0 Å². The summed E-state index contributed by atoms with van der Waals surface area (Å²) < 4.78 is 16.1. The Morgan fingerprint density at radius 2 is 1.75 bits per heavy atom. The van der Waals surface area contributed by atoms with E-state index in [1.807, 2.05) is 24.3 Å². The Morgan fingerprint density at radius 1 is 0.969 bits per heavy atom. The number of oxazole rings is 1. The highest BCUT2D eigenvalue weighted by Crippen LogP contribution is 2.32. The van der Waals surface area contributed by atoms with Crippen molar-refractivity contribution in [3.05, 3.63) is 71.6 Å². The van der Waals surface area contributed by atoms with Crippen LogP contribution in [0.25, 0.3) is 0 Å². The lowest BCUT2D eigenvalue weighted by Gasteiger charge is -2.34. The van der Waals surface area contributed by atoms with Crippen LogP contribution < -0.4 is 14.8 Å². The zero-order valence-electron chi connectivity index (χ0n) is 17.3. The Labute approximate surface area is 184 Å². The molecule has 1 saturated heterocycles. The monoisotopic (exact) mass is 434 g/mol. The molecule has 1 aromatic heterocycles. The number of fused-ring (bicyclic) bond motifs is 1. The molecule has 9 heteroatoms. The fourth-order valence-corrected chi connectivity index (χ4v) is 3.76. The predicted octanol–water partition coefficient (Wildman–Crippen LogP) is 2.61. The molecule has 32 heavy (non-hydrogen) atoms. The topological polar surface area (TPSA) is 97.1 Å². The summed E-state index contributed by atoms with van der Waals surface area (Å²) in [6.45, 7) is 3.70. The molecule has 2 amide bonds. The molecule has 5 rings (SSSR count). The van der Waals surface area contributed by atoms with Crippen molar-refractivity contribution in [1.82, 2.24) is 14.8 Å². The van der Waals surface area contributed by atoms with Gasteiger partial charge in [-0.3, -0.25) is 19.8 Å². The molecule has 1 fully saturated rings. The first-order valence-electron chi connectivity index (χ1n) is 10.4. The molecule has 164 valence electrons. The quantitative estimate of drug-likeness (QED) is 0.659. The van der Waals surface area contributed by atoms with E-state index in [1.165, 1.54) is 6.26 Å². The average molecular weight is 434 g/mol. The van der Waals surface area contributed by atoms with E-state index < -0.39 is 0 Å². The Balaban J connectivity index is 1.14. The lowest BCUT2D eigenvalue weighted by atomic mass is 10.1. The van der Waals surface area contributed by atoms with Crippen molar-refractivity contribution < 1.29 is 23.5 Å². The zero-order valence-corrected chi connectivity index (χ0v) is 17.3. The summed E-state index contributed by atoms with van der Waals surface area (Å²) >= 11 is 0. The number of amides is 2. The highest BCUT2D eigenvalue weighted by molar-refractivity contribution is 6.03. The molecule has 3 aromatic rings. The van der Waals surface area contributed by atoms with Gasteiger partial charge in [-0.15, -0.1) is 0 Å². The molecule has 2 aliphatic rings. The molecule has 0 saturated carbocycles. The third kappa shape index (κ3) is 4.28. The number of benzene rings is 2. The van der Waals surface area contributed by atoms with Crippen LogP contribution >= 0.6 is 0 Å². The lowest BCUT2D eigenvalue weighted by molar-refractivity contribution is 0.0622. The third-order valence-corrected chi connectivity index (χ3v) is 5.48. The molecule has 0 atom stereocenters. The van der Waals surface area contributed by atoms with E-state index in [2.05, 4.69) is 15.2 Å². The van der Waals surface area contributed by atoms with E-state index in [1.54, 1.807) is 29.2 Å². The van der Waals surface area contributed by atoms with Crippen molar-refractivity contribution in [2.24, 2.45) is 0 Å². The first-order chi connectivity index (χ1) is 15.7. The Morgan fingerprint density at radius 3 is 2.56 bits per heavy atom. The molecule has 0 aliphatic carbocycles. The molecule has 0 spiro atoms. The van der Waals surface area contributed by atoms with Gasteiger partial charge in [0.1, 0.15) is 6.26 Å². The van der Waals surface area contributed by atoms with Crippen LogP contribution in [0.15, 0.2) is 59.2 Å². The second-order valence-electron chi connectivity index (χ2n) is 7.61. The SMILES string of the molecule is O=C(Nc1nc(C(=O)N2CCN(Cc3ccc4c(c3)OCO4)CC2)co1)c1ccccc1. The number of carbonyl (C=O) groups excluding carboxylic acids is 2. The van der Waals surface area contributed by atoms with Crippen LogP contribution in [0.4, 0.5) is 6.01 Å². The Bertz CT molecular complexity index is 1120. The highest BCUT2D eigenvalue weighted by Gasteiger charge is 2.25. The van der Waals surface area contributed by atoms with Crippen LogP contribution in [0.2, 0.25) is 0 Å². The first kappa shape index (κ1) is 20.1. The highest BCUT2D eigenvalue weighted by atomic mass is 16.7. The summed E-state index contributed by atoms with van der Waals surface area (Å²) in [5, 5.41) is 2.57. The van der Waals surface area contributed by atoms with Gasteiger partial charge >= 0.3 is 6.01 Å². The van der Waals surface area contributed by atoms with Crippen molar-refractivity contribution in [1.29, 1.82) is 0 Å². The van der Waals surface area contributed by atoms with Crippen LogP contribution in [-0.4, -0.2) is 59.6 Å². The summed E-state index contributed by atoms with van der Waals surface area (Å²) in [6, 6.07) is 14.7. The zero-order chi connectivity index (χ0) is 21.9. The van der Waals surface area contributed by atoms with E-state index in [9.17, 15) is 9.59 Å². The van der Waals surface area contributed by atoms with Crippen molar-refractivity contribution >= 4 is 17.8 Å². The number of anilines is 1. The number of hydrogen-bond acceptors (Lipinski definition) is 7. The minimum Gasteiger partial charge on any atom is -0.454 e. The van der Waals surface area contributed by atoms with Gasteiger partial charge in [0.25, 0.3) is 11.8 Å². The number of nitrogens with zero attached hydrogens (tertiary/aromatic N) is 3. The molecule has 0 radical (unpaired) electrons. The van der Waals surface area contributed by atoms with E-state index >= 15 is 0 Å². The Kier molecular flexibility index (Phi) is 5.47. The normalized spacial score (nSPS) is 15.6. The molecule has 1 N–H and O–H groups in total. The van der Waals surface area contributed by atoms with E-state index in [4.69, 9.17) is 13.9 Å². The van der Waals surface area contributed by atoms with Gasteiger partial charge in [0, 0.05) is 38.3 Å². The predicted molar refractivity (Wildman–Crippen MR) is 115 cm³/mol. The van der Waals surface area contributed by atoms with Crippen LogP contribution in [0.5, 0.6) is 11.5 Å². The first-order valence-corrected chi connectivity index (χ1v) is 10.4. The largest absolute Gasteiger partial charge is 0.454 e. The number of nitrogens with one attached hydrogen (secondary N) is 1. The van der Waals surface area contributed by atoms with E-state index in [-0.39, 0.29) is 30.3 Å². The van der Waals surface area contributed by atoms with E-state index in [0.29, 0.717) is 18.7 Å². The summed E-state index contributed by atoms with van der Waals surface area (Å²) in [6.07, 6.45) is 1.28. The molecule has 9 nitrogen and oxygen atoms in total. The molecule has 0 bridgehead atoms. The fourth-order valence-electron chi connectivity index (χ4n) is 3.76. The summed E-state index contributed by atoms with van der Waals surface area (Å²) in [4.78, 5) is 33.2. The summed E-state index contributed by atoms with van der Waals surface area (Å²) in [7, 11) is 0. The van der Waals surface area contributed by atoms with Crippen LogP contribution in [0, 0.1) is 0 Å². The maximum atomic E-state index is 12.8. The van der Waals surface area contributed by atoms with Gasteiger partial charge in [0.2, 0.25) is 6.79 Å². The standard InChI is InChI=1S/C23H22N4O5/c28-21(17-4-2-1-3-5-17)25-23-24-18(14-30-23)22(29)27-10-8-26(9-11-27)13-16-6-7-19-20(12-16)32-15-31-19/h1-7,12,14H,8-11,13,15H2,(H,24,25,28). The van der Waals surface area contributed by atoms with Crippen molar-refractivity contribution in [3.63, 3.8) is 0 Å². The maximum absolute atomic E-state index is 12.8. The number of rotatable bonds is 5. The summed E-state index contributed by atoms with van der Waals surface area (Å²) in [5.74, 6) is 0.994. The maximum Gasteiger partial charge on any atom is 0.302 e. The van der Waals surface area contributed by atoms with Crippen molar-refractivity contribution in [3.8, 4) is 11.5 Å². The van der Waals surface area contributed by atoms with Gasteiger partial charge in [-0.1, -0.05) is 24.3 Å². The third-order valence-electron chi connectivity index (χ3n) is 5.48. The van der Waals surface area contributed by atoms with Crippen LogP contribution in [-0.2, 0) is 6.54 Å². The smallest absolute Gasteiger partial charge is 0.302 e. The second-order valence-corrected chi connectivity index (χ2v) is 7.61. The van der Waals surface area contributed by atoms with Gasteiger partial charge in [0.05, 0.1) is 0 Å². The minimum absolute atomic E-state index is 0.00338. The minimum atomic E-state index is -0.344. The molecular weight excluding hydrogens is 412 g/mol. The number of ether oxygens (including phenoxy) is 2. The van der Waals surface area contributed by atoms with Crippen molar-refractivity contribution in [2.45, 2.75) is 6.54 Å². The van der Waals surface area contributed by atoms with Gasteiger partial charge < -0.3 is 18.8 Å². The molecule has 3 heterocycles. The number of hydrogen-bond donors (Lipinski definition) is 1. The molecule has 0 unspecified atom stereocenters. The molecular formula is C23H22N4O5. The van der Waals surface area contributed by atoms with Gasteiger partial charge in [-0.2, -0.15) is 4.98 Å². The van der Waals surface area contributed by atoms with Crippen LogP contribution in [0.1, 0.15) is 26.4 Å². The number of aromatic nitrogens is 1. The average Bonchev–Trinajstić information content (AvgIpc) is 3.49. The summed E-state index contributed by atoms with van der Waals surface area (Å²) in [5.41, 5.74) is 1.80. The van der Waals surface area contributed by atoms with Crippen molar-refractivity contribution in [2.75, 3.05) is 38.3 Å². The molecule has 2 aliphatic heterocycles. The number of piperazine rings is 1. The fraction of sp³-hybridized carbons (Fsp3) is 0.261.